The summed E-state index contributed by atoms with van der Waals surface area (Å²) in [5.74, 6) is 0.231. The van der Waals surface area contributed by atoms with Gasteiger partial charge in [0.05, 0.1) is 0 Å². The first-order chi connectivity index (χ1) is 12.2. The van der Waals surface area contributed by atoms with Crippen molar-refractivity contribution in [2.45, 2.75) is 24.7 Å². The second-order valence-corrected chi connectivity index (χ2v) is 6.62. The van der Waals surface area contributed by atoms with Crippen LogP contribution >= 0.6 is 0 Å². The molecule has 0 fully saturated rings. The SMILES string of the molecule is C=C/C=C(\C=C)C1(C(C=C)CC=C)C2=C(C=CCC2)c2ccccc21. The number of rotatable bonds is 7. The summed E-state index contributed by atoms with van der Waals surface area (Å²) in [6.45, 7) is 16.3. The van der Waals surface area contributed by atoms with Crippen molar-refractivity contribution in [1.29, 1.82) is 0 Å². The smallest absolute Gasteiger partial charge is 0.0491 e. The molecular formula is C25H26. The number of allylic oxidation sites excluding steroid dienone is 10. The lowest BCUT2D eigenvalue weighted by Gasteiger charge is -2.41. The highest BCUT2D eigenvalue weighted by atomic mass is 14.5. The Balaban J connectivity index is 2.43. The minimum atomic E-state index is -0.234. The van der Waals surface area contributed by atoms with E-state index in [0.717, 1.165) is 19.3 Å². The van der Waals surface area contributed by atoms with E-state index in [0.29, 0.717) is 0 Å². The molecule has 0 bridgehead atoms. The van der Waals surface area contributed by atoms with Gasteiger partial charge in [0, 0.05) is 5.41 Å². The molecule has 1 aromatic rings. The van der Waals surface area contributed by atoms with E-state index in [1.807, 2.05) is 18.2 Å². The van der Waals surface area contributed by atoms with Crippen LogP contribution in [0.25, 0.3) is 5.57 Å². The van der Waals surface area contributed by atoms with Gasteiger partial charge in [-0.25, -0.2) is 0 Å². The molecule has 0 radical (unpaired) electrons. The summed E-state index contributed by atoms with van der Waals surface area (Å²) in [5.41, 5.74) is 6.50. The molecule has 0 aliphatic heterocycles. The average Bonchev–Trinajstić information content (AvgIpc) is 2.96. The Morgan fingerprint density at radius 3 is 2.64 bits per heavy atom. The third kappa shape index (κ3) is 2.44. The molecule has 0 heterocycles. The average molecular weight is 326 g/mol. The maximum Gasteiger partial charge on any atom is 0.0491 e. The minimum Gasteiger partial charge on any atom is -0.103 e. The third-order valence-corrected chi connectivity index (χ3v) is 5.52. The van der Waals surface area contributed by atoms with Crippen LogP contribution in [0.4, 0.5) is 0 Å². The molecule has 25 heavy (non-hydrogen) atoms. The Morgan fingerprint density at radius 1 is 1.16 bits per heavy atom. The molecule has 0 saturated heterocycles. The summed E-state index contributed by atoms with van der Waals surface area (Å²) in [7, 11) is 0. The molecule has 126 valence electrons. The number of hydrogen-bond donors (Lipinski definition) is 0. The van der Waals surface area contributed by atoms with E-state index in [-0.39, 0.29) is 11.3 Å². The fraction of sp³-hybridized carbons (Fsp3) is 0.200. The highest BCUT2D eigenvalue weighted by Crippen LogP contribution is 2.58. The fourth-order valence-corrected chi connectivity index (χ4v) is 4.63. The van der Waals surface area contributed by atoms with E-state index < -0.39 is 0 Å². The summed E-state index contributed by atoms with van der Waals surface area (Å²) >= 11 is 0. The van der Waals surface area contributed by atoms with Gasteiger partial charge in [0.25, 0.3) is 0 Å². The Labute approximate surface area is 152 Å². The van der Waals surface area contributed by atoms with E-state index >= 15 is 0 Å². The largest absolute Gasteiger partial charge is 0.103 e. The quantitative estimate of drug-likeness (QED) is 0.385. The Morgan fingerprint density at radius 2 is 1.96 bits per heavy atom. The molecule has 1 aromatic carbocycles. The van der Waals surface area contributed by atoms with Crippen LogP contribution in [0.3, 0.4) is 0 Å². The van der Waals surface area contributed by atoms with Crippen molar-refractivity contribution in [2.24, 2.45) is 5.92 Å². The van der Waals surface area contributed by atoms with E-state index in [4.69, 9.17) is 0 Å². The van der Waals surface area contributed by atoms with Gasteiger partial charge in [-0.15, -0.1) is 13.2 Å². The van der Waals surface area contributed by atoms with Crippen molar-refractivity contribution in [2.75, 3.05) is 0 Å². The van der Waals surface area contributed by atoms with Crippen molar-refractivity contribution in [3.8, 4) is 0 Å². The number of fused-ring (bicyclic) bond motifs is 2. The Kier molecular flexibility index (Phi) is 4.90. The van der Waals surface area contributed by atoms with Crippen LogP contribution in [-0.4, -0.2) is 0 Å². The maximum absolute atomic E-state index is 4.18. The summed E-state index contributed by atoms with van der Waals surface area (Å²) in [6, 6.07) is 8.77. The molecule has 2 unspecified atom stereocenters. The highest BCUT2D eigenvalue weighted by molar-refractivity contribution is 5.89. The zero-order valence-electron chi connectivity index (χ0n) is 14.9. The fourth-order valence-electron chi connectivity index (χ4n) is 4.63. The second-order valence-electron chi connectivity index (χ2n) is 6.62. The van der Waals surface area contributed by atoms with Gasteiger partial charge in [-0.05, 0) is 53.0 Å². The maximum atomic E-state index is 4.18. The van der Waals surface area contributed by atoms with Gasteiger partial charge in [0.2, 0.25) is 0 Å². The van der Waals surface area contributed by atoms with Gasteiger partial charge in [0.15, 0.2) is 0 Å². The molecule has 2 atom stereocenters. The zero-order valence-corrected chi connectivity index (χ0v) is 14.9. The predicted octanol–water partition coefficient (Wildman–Crippen LogP) is 6.72. The van der Waals surface area contributed by atoms with Crippen LogP contribution in [0.5, 0.6) is 0 Å². The van der Waals surface area contributed by atoms with Crippen LogP contribution in [0.15, 0.2) is 104 Å². The van der Waals surface area contributed by atoms with Crippen LogP contribution in [0.2, 0.25) is 0 Å². The van der Waals surface area contributed by atoms with Crippen molar-refractivity contribution in [3.63, 3.8) is 0 Å². The summed E-state index contributed by atoms with van der Waals surface area (Å²) in [5, 5.41) is 0. The molecule has 0 nitrogen and oxygen atoms in total. The van der Waals surface area contributed by atoms with Crippen molar-refractivity contribution < 1.29 is 0 Å². The first kappa shape index (κ1) is 17.2. The van der Waals surface area contributed by atoms with Crippen molar-refractivity contribution in [3.05, 3.63) is 115 Å². The van der Waals surface area contributed by atoms with E-state index in [1.165, 1.54) is 27.8 Å². The molecule has 2 aliphatic carbocycles. The normalized spacial score (nSPS) is 22.8. The van der Waals surface area contributed by atoms with Crippen LogP contribution in [0, 0.1) is 5.92 Å². The van der Waals surface area contributed by atoms with Gasteiger partial charge >= 0.3 is 0 Å². The van der Waals surface area contributed by atoms with Crippen LogP contribution in [0.1, 0.15) is 30.4 Å². The van der Waals surface area contributed by atoms with Gasteiger partial charge in [-0.3, -0.25) is 0 Å². The molecule has 0 heteroatoms. The molecule has 3 rings (SSSR count). The van der Waals surface area contributed by atoms with Gasteiger partial charge in [-0.1, -0.05) is 80.0 Å². The molecule has 2 aliphatic rings. The molecular weight excluding hydrogens is 300 g/mol. The Hall–Kier alpha value is -2.60. The van der Waals surface area contributed by atoms with Crippen LogP contribution in [-0.2, 0) is 5.41 Å². The lowest BCUT2D eigenvalue weighted by Crippen LogP contribution is -2.36. The van der Waals surface area contributed by atoms with E-state index in [1.54, 1.807) is 0 Å². The van der Waals surface area contributed by atoms with E-state index in [2.05, 4.69) is 74.9 Å². The van der Waals surface area contributed by atoms with E-state index in [9.17, 15) is 0 Å². The third-order valence-electron chi connectivity index (χ3n) is 5.52. The minimum absolute atomic E-state index is 0.231. The topological polar surface area (TPSA) is 0 Å². The number of benzene rings is 1. The monoisotopic (exact) mass is 326 g/mol. The first-order valence-corrected chi connectivity index (χ1v) is 8.94. The van der Waals surface area contributed by atoms with Gasteiger partial charge < -0.3 is 0 Å². The summed E-state index contributed by atoms with van der Waals surface area (Å²) < 4.78 is 0. The summed E-state index contributed by atoms with van der Waals surface area (Å²) in [6.07, 6.45) is 17.7. The van der Waals surface area contributed by atoms with Gasteiger partial charge in [0.1, 0.15) is 0 Å². The molecule has 0 aromatic heterocycles. The predicted molar refractivity (Wildman–Crippen MR) is 110 cm³/mol. The lowest BCUT2D eigenvalue weighted by molar-refractivity contribution is 0.438. The summed E-state index contributed by atoms with van der Waals surface area (Å²) in [4.78, 5) is 0. The number of hydrogen-bond acceptors (Lipinski definition) is 0. The first-order valence-electron chi connectivity index (χ1n) is 8.94. The standard InChI is InChI=1S/C25H26/c1-5-13-19(7-3)25(20(8-4)14-6-2)23-17-11-9-15-21(23)22-16-10-12-18-24(22)25/h5-11,13,15-17,20H,1-4,12,14,18H2/b19-13+. The second kappa shape index (κ2) is 7.11. The van der Waals surface area contributed by atoms with Crippen molar-refractivity contribution in [1.82, 2.24) is 0 Å². The Bertz CT molecular complexity index is 812. The van der Waals surface area contributed by atoms with Gasteiger partial charge in [-0.2, -0.15) is 0 Å². The zero-order chi connectivity index (χ0) is 17.9. The molecule has 0 saturated carbocycles. The van der Waals surface area contributed by atoms with Crippen LogP contribution < -0.4 is 0 Å². The molecule has 0 spiro atoms. The highest BCUT2D eigenvalue weighted by Gasteiger charge is 2.49. The van der Waals surface area contributed by atoms with Crippen molar-refractivity contribution >= 4 is 5.57 Å². The molecule has 0 amide bonds. The lowest BCUT2D eigenvalue weighted by atomic mass is 9.60. The molecule has 0 N–H and O–H groups in total.